The van der Waals surface area contributed by atoms with E-state index in [0.717, 1.165) is 18.7 Å². The van der Waals surface area contributed by atoms with E-state index in [9.17, 15) is 4.79 Å². The standard InChI is InChI=1S/C22H25N3O4/c1-14-21-16(12-27-18-4-3-7-23-10-18)8-17(24(21)2)11-25(14)22(26)15-5-6-19-20(9-15)29-13-28-19/h3-7,9-10,14,16-17,21H,8,11-13H2,1-2H3/t14?,16-,17-,21-/m1/s1. The predicted molar refractivity (Wildman–Crippen MR) is 106 cm³/mol. The quantitative estimate of drug-likeness (QED) is 0.792. The summed E-state index contributed by atoms with van der Waals surface area (Å²) in [6.07, 6.45) is 4.51. The van der Waals surface area contributed by atoms with Crippen LogP contribution in [0.3, 0.4) is 0 Å². The van der Waals surface area contributed by atoms with Gasteiger partial charge in [0.25, 0.3) is 5.91 Å². The van der Waals surface area contributed by atoms with Crippen molar-refractivity contribution in [2.75, 3.05) is 27.0 Å². The van der Waals surface area contributed by atoms with Crippen LogP contribution < -0.4 is 14.2 Å². The lowest BCUT2D eigenvalue weighted by Gasteiger charge is -2.45. The summed E-state index contributed by atoms with van der Waals surface area (Å²) in [4.78, 5) is 21.8. The first-order valence-corrected chi connectivity index (χ1v) is 10.1. The van der Waals surface area contributed by atoms with Crippen molar-refractivity contribution in [1.29, 1.82) is 0 Å². The molecule has 152 valence electrons. The minimum atomic E-state index is 0.0488. The molecule has 4 heterocycles. The van der Waals surface area contributed by atoms with Gasteiger partial charge < -0.3 is 19.1 Å². The molecule has 4 atom stereocenters. The number of aromatic nitrogens is 1. The van der Waals surface area contributed by atoms with Crippen LogP contribution in [-0.4, -0.2) is 65.8 Å². The van der Waals surface area contributed by atoms with E-state index in [0.29, 0.717) is 35.6 Å². The molecule has 2 bridgehead atoms. The van der Waals surface area contributed by atoms with Crippen molar-refractivity contribution in [2.45, 2.75) is 31.5 Å². The van der Waals surface area contributed by atoms with E-state index in [1.165, 1.54) is 0 Å². The Labute approximate surface area is 170 Å². The number of fused-ring (bicyclic) bond motifs is 3. The number of piperazine rings is 1. The highest BCUT2D eigenvalue weighted by molar-refractivity contribution is 5.95. The van der Waals surface area contributed by atoms with Crippen molar-refractivity contribution in [3.05, 3.63) is 48.3 Å². The van der Waals surface area contributed by atoms with Gasteiger partial charge >= 0.3 is 0 Å². The molecule has 0 saturated carbocycles. The second kappa shape index (κ2) is 7.22. The van der Waals surface area contributed by atoms with Crippen LogP contribution in [0.4, 0.5) is 0 Å². The van der Waals surface area contributed by atoms with E-state index in [4.69, 9.17) is 14.2 Å². The fraction of sp³-hybridized carbons (Fsp3) is 0.455. The molecule has 2 aromatic rings. The molecule has 3 aliphatic heterocycles. The Balaban J connectivity index is 1.32. The van der Waals surface area contributed by atoms with Crippen molar-refractivity contribution in [2.24, 2.45) is 5.92 Å². The van der Waals surface area contributed by atoms with Crippen LogP contribution in [0, 0.1) is 5.92 Å². The van der Waals surface area contributed by atoms with Crippen molar-refractivity contribution in [3.8, 4) is 17.2 Å². The van der Waals surface area contributed by atoms with Gasteiger partial charge in [0.2, 0.25) is 6.79 Å². The van der Waals surface area contributed by atoms with Gasteiger partial charge in [0.05, 0.1) is 12.8 Å². The first-order chi connectivity index (χ1) is 14.1. The van der Waals surface area contributed by atoms with E-state index < -0.39 is 0 Å². The van der Waals surface area contributed by atoms with Crippen molar-refractivity contribution >= 4 is 5.91 Å². The first kappa shape index (κ1) is 18.2. The summed E-state index contributed by atoms with van der Waals surface area (Å²) < 4.78 is 16.8. The molecule has 7 heteroatoms. The summed E-state index contributed by atoms with van der Waals surface area (Å²) in [5.74, 6) is 2.55. The van der Waals surface area contributed by atoms with Gasteiger partial charge in [-0.1, -0.05) is 0 Å². The number of pyridine rings is 1. The van der Waals surface area contributed by atoms with Gasteiger partial charge in [-0.15, -0.1) is 0 Å². The van der Waals surface area contributed by atoms with Gasteiger partial charge in [0, 0.05) is 42.3 Å². The lowest BCUT2D eigenvalue weighted by atomic mass is 9.95. The number of carbonyl (C=O) groups excluding carboxylic acids is 1. The Morgan fingerprint density at radius 3 is 2.97 bits per heavy atom. The zero-order chi connectivity index (χ0) is 20.0. The number of carbonyl (C=O) groups is 1. The molecule has 0 N–H and O–H groups in total. The molecular formula is C22H25N3O4. The number of likely N-dealkylation sites (tertiary alicyclic amines) is 1. The molecule has 1 aromatic heterocycles. The van der Waals surface area contributed by atoms with Crippen LogP contribution in [-0.2, 0) is 0 Å². The van der Waals surface area contributed by atoms with Crippen molar-refractivity contribution < 1.29 is 19.0 Å². The minimum Gasteiger partial charge on any atom is -0.492 e. The summed E-state index contributed by atoms with van der Waals surface area (Å²) in [7, 11) is 2.16. The average Bonchev–Trinajstić information content (AvgIpc) is 3.29. The summed E-state index contributed by atoms with van der Waals surface area (Å²) in [6, 6.07) is 9.95. The van der Waals surface area contributed by atoms with Crippen molar-refractivity contribution in [3.63, 3.8) is 0 Å². The Morgan fingerprint density at radius 2 is 2.14 bits per heavy atom. The van der Waals surface area contributed by atoms with Crippen molar-refractivity contribution in [1.82, 2.24) is 14.8 Å². The largest absolute Gasteiger partial charge is 0.492 e. The average molecular weight is 395 g/mol. The van der Waals surface area contributed by atoms with E-state index in [2.05, 4.69) is 23.9 Å². The maximum atomic E-state index is 13.3. The molecule has 1 amide bonds. The second-order valence-electron chi connectivity index (χ2n) is 8.07. The van der Waals surface area contributed by atoms with Crippen LogP contribution in [0.15, 0.2) is 42.7 Å². The molecule has 3 aliphatic rings. The Bertz CT molecular complexity index is 906. The highest BCUT2D eigenvalue weighted by Crippen LogP contribution is 2.39. The number of ether oxygens (including phenoxy) is 3. The van der Waals surface area contributed by atoms with E-state index in [1.54, 1.807) is 18.5 Å². The molecule has 0 aliphatic carbocycles. The third kappa shape index (κ3) is 3.19. The Hall–Kier alpha value is -2.80. The van der Waals surface area contributed by atoms with Gasteiger partial charge in [-0.05, 0) is 50.7 Å². The summed E-state index contributed by atoms with van der Waals surface area (Å²) in [5.41, 5.74) is 0.646. The topological polar surface area (TPSA) is 64.1 Å². The highest BCUT2D eigenvalue weighted by atomic mass is 16.7. The van der Waals surface area contributed by atoms with E-state index in [1.807, 2.05) is 29.2 Å². The van der Waals surface area contributed by atoms with Gasteiger partial charge in [-0.2, -0.15) is 0 Å². The monoisotopic (exact) mass is 395 g/mol. The van der Waals surface area contributed by atoms with E-state index in [-0.39, 0.29) is 24.8 Å². The highest BCUT2D eigenvalue weighted by Gasteiger charge is 2.49. The lowest BCUT2D eigenvalue weighted by molar-refractivity contribution is 0.0223. The lowest BCUT2D eigenvalue weighted by Crippen LogP contribution is -2.60. The molecule has 1 unspecified atom stereocenters. The number of nitrogens with zero attached hydrogens (tertiary/aromatic N) is 3. The molecule has 0 spiro atoms. The number of likely N-dealkylation sites (N-methyl/N-ethyl adjacent to an activating group) is 1. The Morgan fingerprint density at radius 1 is 1.28 bits per heavy atom. The number of hydrogen-bond donors (Lipinski definition) is 0. The van der Waals surface area contributed by atoms with Gasteiger partial charge in [-0.3, -0.25) is 14.7 Å². The molecule has 29 heavy (non-hydrogen) atoms. The molecule has 7 nitrogen and oxygen atoms in total. The number of hydrogen-bond acceptors (Lipinski definition) is 6. The van der Waals surface area contributed by atoms with Gasteiger partial charge in [0.1, 0.15) is 5.75 Å². The van der Waals surface area contributed by atoms with Crippen LogP contribution in [0.25, 0.3) is 0 Å². The van der Waals surface area contributed by atoms with Gasteiger partial charge in [0.15, 0.2) is 11.5 Å². The van der Waals surface area contributed by atoms with Crippen LogP contribution in [0.5, 0.6) is 17.2 Å². The van der Waals surface area contributed by atoms with E-state index >= 15 is 0 Å². The fourth-order valence-corrected chi connectivity index (χ4v) is 5.01. The normalized spacial score (nSPS) is 27.9. The molecular weight excluding hydrogens is 370 g/mol. The maximum absolute atomic E-state index is 13.3. The molecule has 2 fully saturated rings. The zero-order valence-corrected chi connectivity index (χ0v) is 16.7. The number of benzene rings is 1. The first-order valence-electron chi connectivity index (χ1n) is 10.1. The summed E-state index contributed by atoms with van der Waals surface area (Å²) in [5, 5.41) is 0. The second-order valence-corrected chi connectivity index (χ2v) is 8.07. The summed E-state index contributed by atoms with van der Waals surface area (Å²) >= 11 is 0. The number of amides is 1. The zero-order valence-electron chi connectivity index (χ0n) is 16.7. The molecule has 2 saturated heterocycles. The summed E-state index contributed by atoms with van der Waals surface area (Å²) in [6.45, 7) is 3.71. The third-order valence-corrected chi connectivity index (χ3v) is 6.48. The fourth-order valence-electron chi connectivity index (χ4n) is 5.01. The Kier molecular flexibility index (Phi) is 4.54. The smallest absolute Gasteiger partial charge is 0.254 e. The SMILES string of the molecule is CC1[C@@H]2[C@@H](COc3cccnc3)C[C@H](CN1C(=O)c1ccc3c(c1)OCO3)N2C. The number of rotatable bonds is 4. The van der Waals surface area contributed by atoms with Crippen LogP contribution >= 0.6 is 0 Å². The molecule has 0 radical (unpaired) electrons. The molecule has 1 aromatic carbocycles. The molecule has 5 rings (SSSR count). The minimum absolute atomic E-state index is 0.0488. The maximum Gasteiger partial charge on any atom is 0.254 e. The van der Waals surface area contributed by atoms with Gasteiger partial charge in [-0.25, -0.2) is 0 Å². The predicted octanol–water partition coefficient (Wildman–Crippen LogP) is 2.42. The van der Waals surface area contributed by atoms with Crippen LogP contribution in [0.1, 0.15) is 23.7 Å². The third-order valence-electron chi connectivity index (χ3n) is 6.48. The van der Waals surface area contributed by atoms with Crippen LogP contribution in [0.2, 0.25) is 0 Å².